The van der Waals surface area contributed by atoms with Crippen LogP contribution in [0, 0.1) is 0 Å². The topological polar surface area (TPSA) is 169 Å². The first-order chi connectivity index (χ1) is 24.3. The zero-order valence-electron chi connectivity index (χ0n) is 32.0. The second kappa shape index (κ2) is 31.7. The van der Waals surface area contributed by atoms with Gasteiger partial charge in [0.05, 0.1) is 25.4 Å². The molecule has 0 aromatic heterocycles. The monoisotopic (exact) mass is 718 g/mol. The number of amides is 1. The summed E-state index contributed by atoms with van der Waals surface area (Å²) in [6, 6.07) is -0.981. The maximum absolute atomic E-state index is 12.7. The summed E-state index contributed by atoms with van der Waals surface area (Å²) >= 11 is 0. The minimum atomic E-state index is -1.60. The van der Waals surface area contributed by atoms with Gasteiger partial charge < -0.3 is 45.4 Å². The summed E-state index contributed by atoms with van der Waals surface area (Å²) < 4.78 is 10.9. The van der Waals surface area contributed by atoms with E-state index in [-0.39, 0.29) is 18.9 Å². The molecular formula is C40H79NO9. The molecule has 1 amide bonds. The van der Waals surface area contributed by atoms with E-state index in [1.165, 1.54) is 128 Å². The summed E-state index contributed by atoms with van der Waals surface area (Å²) in [6.07, 6.45) is 23.1. The first-order valence-electron chi connectivity index (χ1n) is 20.8. The van der Waals surface area contributed by atoms with Gasteiger partial charge in [-0.25, -0.2) is 0 Å². The lowest BCUT2D eigenvalue weighted by atomic mass is 9.99. The average molecular weight is 718 g/mol. The third-order valence-corrected chi connectivity index (χ3v) is 10.3. The van der Waals surface area contributed by atoms with Gasteiger partial charge in [-0.2, -0.15) is 0 Å². The van der Waals surface area contributed by atoms with Gasteiger partial charge in [-0.15, -0.1) is 0 Å². The molecule has 1 aliphatic heterocycles. The molecule has 0 aliphatic carbocycles. The number of carbonyl (C=O) groups excluding carboxylic acids is 1. The lowest BCUT2D eigenvalue weighted by Gasteiger charge is -2.40. The van der Waals surface area contributed by atoms with Crippen molar-refractivity contribution in [3.05, 3.63) is 0 Å². The molecule has 50 heavy (non-hydrogen) atoms. The molecule has 1 heterocycles. The van der Waals surface area contributed by atoms with Crippen LogP contribution in [0.1, 0.15) is 187 Å². The van der Waals surface area contributed by atoms with Gasteiger partial charge in [0, 0.05) is 6.42 Å². The number of unbranched alkanes of at least 4 members (excludes halogenated alkanes) is 23. The van der Waals surface area contributed by atoms with Crippen LogP contribution in [0.5, 0.6) is 0 Å². The summed E-state index contributed by atoms with van der Waals surface area (Å²) in [5.74, 6) is -0.269. The Morgan fingerprint density at radius 1 is 0.620 bits per heavy atom. The molecule has 0 bridgehead atoms. The Hall–Kier alpha value is -0.850. The van der Waals surface area contributed by atoms with E-state index in [9.17, 15) is 35.4 Å². The predicted molar refractivity (Wildman–Crippen MR) is 200 cm³/mol. The number of nitrogens with one attached hydrogen (secondary N) is 1. The summed E-state index contributed by atoms with van der Waals surface area (Å²) in [5, 5.41) is 63.5. The SMILES string of the molecule is CCCCCCCCCCCCCCCCCCCCCCCCCCC(=O)N[C@@H](CO[C@H]1O[C@H](CO)[C@H](O)[C@H](O)[C@H]1O)[C@H](O)[C@H](O)CCC. The van der Waals surface area contributed by atoms with Gasteiger partial charge in [0.2, 0.25) is 5.91 Å². The van der Waals surface area contributed by atoms with E-state index in [1.54, 1.807) is 0 Å². The molecule has 1 aliphatic rings. The molecule has 0 aromatic carbocycles. The van der Waals surface area contributed by atoms with Crippen molar-refractivity contribution in [2.75, 3.05) is 13.2 Å². The Kier molecular flexibility index (Phi) is 29.9. The Balaban J connectivity index is 2.08. The van der Waals surface area contributed by atoms with Crippen LogP contribution in [0.2, 0.25) is 0 Å². The summed E-state index contributed by atoms with van der Waals surface area (Å²) in [6.45, 7) is 3.25. The minimum Gasteiger partial charge on any atom is -0.394 e. The van der Waals surface area contributed by atoms with Crippen LogP contribution in [0.4, 0.5) is 0 Å². The number of aliphatic hydroxyl groups excluding tert-OH is 6. The summed E-state index contributed by atoms with van der Waals surface area (Å²) in [4.78, 5) is 12.7. The van der Waals surface area contributed by atoms with E-state index in [0.717, 1.165) is 25.7 Å². The Bertz CT molecular complexity index is 773. The van der Waals surface area contributed by atoms with Crippen molar-refractivity contribution in [3.8, 4) is 0 Å². The highest BCUT2D eigenvalue weighted by atomic mass is 16.7. The van der Waals surface area contributed by atoms with Gasteiger partial charge in [0.25, 0.3) is 0 Å². The highest BCUT2D eigenvalue weighted by Crippen LogP contribution is 2.23. The zero-order valence-corrected chi connectivity index (χ0v) is 32.0. The van der Waals surface area contributed by atoms with Crippen LogP contribution in [0.3, 0.4) is 0 Å². The van der Waals surface area contributed by atoms with Crippen LogP contribution >= 0.6 is 0 Å². The molecule has 1 fully saturated rings. The third-order valence-electron chi connectivity index (χ3n) is 10.3. The van der Waals surface area contributed by atoms with Crippen LogP contribution in [0.15, 0.2) is 0 Å². The zero-order chi connectivity index (χ0) is 36.8. The molecule has 0 radical (unpaired) electrons. The van der Waals surface area contributed by atoms with Gasteiger partial charge >= 0.3 is 0 Å². The summed E-state index contributed by atoms with van der Waals surface area (Å²) in [5.41, 5.74) is 0. The normalized spacial score (nSPS) is 22.8. The first-order valence-corrected chi connectivity index (χ1v) is 20.8. The fourth-order valence-corrected chi connectivity index (χ4v) is 6.89. The molecule has 298 valence electrons. The van der Waals surface area contributed by atoms with E-state index >= 15 is 0 Å². The molecule has 0 unspecified atom stereocenters. The molecule has 0 spiro atoms. The second-order valence-electron chi connectivity index (χ2n) is 14.9. The van der Waals surface area contributed by atoms with E-state index in [2.05, 4.69) is 12.2 Å². The van der Waals surface area contributed by atoms with Crippen LogP contribution < -0.4 is 5.32 Å². The molecular weight excluding hydrogens is 638 g/mol. The highest BCUT2D eigenvalue weighted by Gasteiger charge is 2.44. The van der Waals surface area contributed by atoms with Crippen molar-refractivity contribution in [3.63, 3.8) is 0 Å². The Morgan fingerprint density at radius 2 is 1.04 bits per heavy atom. The minimum absolute atomic E-state index is 0.269. The lowest BCUT2D eigenvalue weighted by Crippen LogP contribution is -2.60. The van der Waals surface area contributed by atoms with Gasteiger partial charge in [0.1, 0.15) is 30.5 Å². The van der Waals surface area contributed by atoms with Crippen LogP contribution in [-0.2, 0) is 14.3 Å². The number of aliphatic hydroxyl groups is 6. The van der Waals surface area contributed by atoms with Crippen molar-refractivity contribution in [2.24, 2.45) is 0 Å². The molecule has 8 atom stereocenters. The third kappa shape index (κ3) is 22.3. The van der Waals surface area contributed by atoms with Gasteiger partial charge in [-0.1, -0.05) is 168 Å². The van der Waals surface area contributed by atoms with Crippen molar-refractivity contribution in [2.45, 2.75) is 236 Å². The number of carbonyl (C=O) groups is 1. The van der Waals surface area contributed by atoms with Crippen molar-refractivity contribution in [1.82, 2.24) is 5.32 Å². The molecule has 7 N–H and O–H groups in total. The average Bonchev–Trinajstić information content (AvgIpc) is 3.11. The highest BCUT2D eigenvalue weighted by molar-refractivity contribution is 5.76. The molecule has 0 aromatic rings. The van der Waals surface area contributed by atoms with Gasteiger partial charge in [-0.3, -0.25) is 4.79 Å². The van der Waals surface area contributed by atoms with E-state index in [0.29, 0.717) is 12.8 Å². The lowest BCUT2D eigenvalue weighted by molar-refractivity contribution is -0.303. The maximum atomic E-state index is 12.7. The maximum Gasteiger partial charge on any atom is 0.220 e. The second-order valence-corrected chi connectivity index (χ2v) is 14.9. The Labute approximate surface area is 305 Å². The fourth-order valence-electron chi connectivity index (χ4n) is 6.89. The summed E-state index contributed by atoms with van der Waals surface area (Å²) in [7, 11) is 0. The number of rotatable bonds is 34. The van der Waals surface area contributed by atoms with Crippen molar-refractivity contribution >= 4 is 5.91 Å². The van der Waals surface area contributed by atoms with E-state index in [4.69, 9.17) is 9.47 Å². The largest absolute Gasteiger partial charge is 0.394 e. The molecule has 1 saturated heterocycles. The molecule has 10 nitrogen and oxygen atoms in total. The molecule has 0 saturated carbocycles. The first kappa shape index (κ1) is 47.2. The Morgan fingerprint density at radius 3 is 1.44 bits per heavy atom. The van der Waals surface area contributed by atoms with Crippen molar-refractivity contribution in [1.29, 1.82) is 0 Å². The van der Waals surface area contributed by atoms with Crippen molar-refractivity contribution < 1.29 is 44.9 Å². The van der Waals surface area contributed by atoms with Crippen LogP contribution in [-0.4, -0.2) is 98.7 Å². The van der Waals surface area contributed by atoms with E-state index in [1.807, 2.05) is 6.92 Å². The fraction of sp³-hybridized carbons (Fsp3) is 0.975. The molecule has 1 rings (SSSR count). The number of hydrogen-bond donors (Lipinski definition) is 7. The van der Waals surface area contributed by atoms with Gasteiger partial charge in [-0.05, 0) is 12.8 Å². The molecule has 10 heteroatoms. The quantitative estimate of drug-likeness (QED) is 0.0364. The number of ether oxygens (including phenoxy) is 2. The standard InChI is InChI=1S/C40H79NO9/c1-3-5-6-7-8-9-10-11-12-13-14-15-16-17-18-19-20-21-22-23-24-25-26-27-29-35(44)41-32(36(45)33(43)28-4-2)31-49-40-39(48)38(47)37(46)34(30-42)50-40/h32-34,36-40,42-43,45-48H,3-31H2,1-2H3,(H,41,44)/t32-,33+,34+,36-,37-,38-,39+,40-/m0/s1. The predicted octanol–water partition coefficient (Wildman–Crippen LogP) is 6.58. The smallest absolute Gasteiger partial charge is 0.220 e. The van der Waals surface area contributed by atoms with Crippen LogP contribution in [0.25, 0.3) is 0 Å². The van der Waals surface area contributed by atoms with Gasteiger partial charge in [0.15, 0.2) is 6.29 Å². The number of hydrogen-bond acceptors (Lipinski definition) is 9. The van der Waals surface area contributed by atoms with E-state index < -0.39 is 55.6 Å².